The molecule has 122 valence electrons. The average molecular weight is 332 g/mol. The summed E-state index contributed by atoms with van der Waals surface area (Å²) >= 11 is 0. The Kier molecular flexibility index (Phi) is 2.98. The highest BCUT2D eigenvalue weighted by Crippen LogP contribution is 2.67. The third-order valence-electron chi connectivity index (χ3n) is 5.63. The fraction of sp³-hybridized carbons (Fsp3) is 0.562. The number of aromatic nitrogens is 3. The molecule has 2 aromatic heterocycles. The Morgan fingerprint density at radius 3 is 2.61 bits per heavy atom. The average Bonchev–Trinajstić information content (AvgIpc) is 2.83. The third kappa shape index (κ3) is 1.80. The Hall–Kier alpha value is -1.76. The van der Waals surface area contributed by atoms with Crippen LogP contribution in [0, 0.1) is 11.8 Å². The predicted molar refractivity (Wildman–Crippen MR) is 87.7 cm³/mol. The summed E-state index contributed by atoms with van der Waals surface area (Å²) in [7, 11) is 2.27. The summed E-state index contributed by atoms with van der Waals surface area (Å²) in [6.45, 7) is 2.24. The van der Waals surface area contributed by atoms with Crippen molar-refractivity contribution >= 4 is 27.7 Å². The molecule has 5 rings (SSSR count). The van der Waals surface area contributed by atoms with Crippen LogP contribution in [0.2, 0.25) is 0 Å². The van der Waals surface area contributed by atoms with Crippen LogP contribution in [0.3, 0.4) is 0 Å². The molecule has 6 nitrogen and oxygen atoms in total. The molecule has 23 heavy (non-hydrogen) atoms. The maximum atomic E-state index is 12.7. The zero-order chi connectivity index (χ0) is 16.5. The summed E-state index contributed by atoms with van der Waals surface area (Å²) < 4.78 is 13.9. The van der Waals surface area contributed by atoms with E-state index < -0.39 is 10.8 Å². The summed E-state index contributed by atoms with van der Waals surface area (Å²) in [6, 6.07) is 1.87. The Labute approximate surface area is 137 Å². The molecule has 3 aliphatic carbocycles. The number of hydrogen-bond acceptors (Lipinski definition) is 4. The van der Waals surface area contributed by atoms with Gasteiger partial charge in [0.25, 0.3) is 5.91 Å². The second-order valence-electron chi connectivity index (χ2n) is 7.01. The Morgan fingerprint density at radius 2 is 2.13 bits per heavy atom. The molecule has 1 unspecified atom stereocenters. The summed E-state index contributed by atoms with van der Waals surface area (Å²) in [6.07, 6.45) is 5.45. The SMILES string of the molecule is C[C@@H]1C2CC1(n1c(C(=O)N(C)C)cc3cnc(S(C)=O)nc31)C2. The topological polar surface area (TPSA) is 68.1 Å². The second-order valence-corrected chi connectivity index (χ2v) is 8.28. The van der Waals surface area contributed by atoms with E-state index in [1.807, 2.05) is 6.07 Å². The first-order valence-corrected chi connectivity index (χ1v) is 9.35. The Bertz CT molecular complexity index is 851. The number of amides is 1. The number of hydrogen-bond donors (Lipinski definition) is 0. The van der Waals surface area contributed by atoms with Gasteiger partial charge < -0.3 is 9.47 Å². The lowest BCUT2D eigenvalue weighted by molar-refractivity contribution is -0.160. The zero-order valence-electron chi connectivity index (χ0n) is 13.7. The van der Waals surface area contributed by atoms with Crippen molar-refractivity contribution in [1.29, 1.82) is 0 Å². The quantitative estimate of drug-likeness (QED) is 0.801. The molecule has 2 heterocycles. The molecule has 2 atom stereocenters. The van der Waals surface area contributed by atoms with Crippen LogP contribution in [-0.4, -0.2) is 49.9 Å². The summed E-state index contributed by atoms with van der Waals surface area (Å²) in [5.74, 6) is 1.29. The van der Waals surface area contributed by atoms with Gasteiger partial charge in [-0.2, -0.15) is 0 Å². The first-order chi connectivity index (χ1) is 10.8. The van der Waals surface area contributed by atoms with Gasteiger partial charge in [-0.05, 0) is 30.7 Å². The van der Waals surface area contributed by atoms with Gasteiger partial charge >= 0.3 is 0 Å². The number of carbonyl (C=O) groups is 1. The molecule has 0 radical (unpaired) electrons. The normalized spacial score (nSPS) is 29.7. The molecule has 1 amide bonds. The van der Waals surface area contributed by atoms with E-state index in [-0.39, 0.29) is 11.4 Å². The molecule has 0 spiro atoms. The fourth-order valence-electron chi connectivity index (χ4n) is 4.03. The lowest BCUT2D eigenvalue weighted by atomic mass is 9.42. The molecular formula is C16H20N4O2S. The van der Waals surface area contributed by atoms with E-state index in [9.17, 15) is 9.00 Å². The standard InChI is InChI=1S/C16H20N4O2S/c1-9-11-6-16(9,7-11)20-12(14(21)19(2)3)5-10-8-17-15(23(4)22)18-13(10)20/h5,8-9,11H,6-7H2,1-4H3/t9-,11?,16?,23?/m1/s1. The van der Waals surface area contributed by atoms with Gasteiger partial charge in [-0.15, -0.1) is 0 Å². The predicted octanol–water partition coefficient (Wildman–Crippen LogP) is 1.63. The summed E-state index contributed by atoms with van der Waals surface area (Å²) in [5.41, 5.74) is 1.39. The highest BCUT2D eigenvalue weighted by atomic mass is 32.2. The second kappa shape index (κ2) is 4.63. The molecular weight excluding hydrogens is 312 g/mol. The van der Waals surface area contributed by atoms with E-state index in [4.69, 9.17) is 0 Å². The maximum Gasteiger partial charge on any atom is 0.270 e. The minimum atomic E-state index is -1.24. The van der Waals surface area contributed by atoms with Crippen LogP contribution in [0.5, 0.6) is 0 Å². The minimum absolute atomic E-state index is 0.00568. The molecule has 7 heteroatoms. The van der Waals surface area contributed by atoms with Crippen LogP contribution < -0.4 is 0 Å². The molecule has 3 saturated carbocycles. The van der Waals surface area contributed by atoms with Crippen molar-refractivity contribution in [2.75, 3.05) is 20.4 Å². The molecule has 3 aliphatic rings. The molecule has 0 aromatic carbocycles. The lowest BCUT2D eigenvalue weighted by Gasteiger charge is -2.68. The fourth-order valence-corrected chi connectivity index (χ4v) is 4.44. The maximum absolute atomic E-state index is 12.7. The molecule has 0 aliphatic heterocycles. The molecule has 3 fully saturated rings. The first-order valence-electron chi connectivity index (χ1n) is 7.79. The first kappa shape index (κ1) is 14.8. The van der Waals surface area contributed by atoms with Gasteiger partial charge in [-0.3, -0.25) is 9.00 Å². The van der Waals surface area contributed by atoms with Crippen molar-refractivity contribution in [2.45, 2.75) is 30.5 Å². The van der Waals surface area contributed by atoms with Crippen LogP contribution in [-0.2, 0) is 16.3 Å². The molecule has 2 aromatic rings. The van der Waals surface area contributed by atoms with E-state index in [2.05, 4.69) is 21.5 Å². The zero-order valence-corrected chi connectivity index (χ0v) is 14.6. The van der Waals surface area contributed by atoms with Crippen LogP contribution in [0.25, 0.3) is 11.0 Å². The van der Waals surface area contributed by atoms with Gasteiger partial charge in [0.2, 0.25) is 5.16 Å². The van der Waals surface area contributed by atoms with Crippen LogP contribution in [0.15, 0.2) is 17.4 Å². The van der Waals surface area contributed by atoms with Gasteiger partial charge in [0.1, 0.15) is 11.3 Å². The van der Waals surface area contributed by atoms with E-state index in [0.29, 0.717) is 16.8 Å². The van der Waals surface area contributed by atoms with Crippen molar-refractivity contribution < 1.29 is 9.00 Å². The highest BCUT2D eigenvalue weighted by molar-refractivity contribution is 7.84. The third-order valence-corrected chi connectivity index (χ3v) is 6.34. The number of nitrogens with zero attached hydrogens (tertiary/aromatic N) is 4. The Balaban J connectivity index is 1.98. The van der Waals surface area contributed by atoms with E-state index in [0.717, 1.165) is 29.8 Å². The van der Waals surface area contributed by atoms with Crippen LogP contribution >= 0.6 is 0 Å². The van der Waals surface area contributed by atoms with Crippen LogP contribution in [0.4, 0.5) is 0 Å². The number of carbonyl (C=O) groups excluding carboxylic acids is 1. The van der Waals surface area contributed by atoms with Gasteiger partial charge in [0.15, 0.2) is 0 Å². The van der Waals surface area contributed by atoms with Gasteiger partial charge in [-0.25, -0.2) is 9.97 Å². The lowest BCUT2D eigenvalue weighted by Crippen LogP contribution is -2.67. The number of fused-ring (bicyclic) bond motifs is 1. The molecule has 2 bridgehead atoms. The Morgan fingerprint density at radius 1 is 1.43 bits per heavy atom. The van der Waals surface area contributed by atoms with Crippen molar-refractivity contribution in [3.63, 3.8) is 0 Å². The summed E-state index contributed by atoms with van der Waals surface area (Å²) in [4.78, 5) is 23.0. The monoisotopic (exact) mass is 332 g/mol. The molecule has 0 saturated heterocycles. The van der Waals surface area contributed by atoms with Gasteiger partial charge in [0.05, 0.1) is 16.3 Å². The van der Waals surface area contributed by atoms with Crippen molar-refractivity contribution in [1.82, 2.24) is 19.4 Å². The number of rotatable bonds is 3. The van der Waals surface area contributed by atoms with E-state index in [1.165, 1.54) is 0 Å². The highest BCUT2D eigenvalue weighted by Gasteiger charge is 2.65. The minimum Gasteiger partial charge on any atom is -0.343 e. The van der Waals surface area contributed by atoms with Gasteiger partial charge in [0, 0.05) is 31.9 Å². The van der Waals surface area contributed by atoms with E-state index in [1.54, 1.807) is 31.4 Å². The summed E-state index contributed by atoms with van der Waals surface area (Å²) in [5, 5.41) is 1.15. The largest absolute Gasteiger partial charge is 0.343 e. The van der Waals surface area contributed by atoms with Crippen molar-refractivity contribution in [3.8, 4) is 0 Å². The van der Waals surface area contributed by atoms with Crippen molar-refractivity contribution in [2.24, 2.45) is 11.8 Å². The van der Waals surface area contributed by atoms with Crippen molar-refractivity contribution in [3.05, 3.63) is 18.0 Å². The van der Waals surface area contributed by atoms with Crippen LogP contribution in [0.1, 0.15) is 30.3 Å². The van der Waals surface area contributed by atoms with Gasteiger partial charge in [-0.1, -0.05) is 6.92 Å². The molecule has 0 N–H and O–H groups in total. The van der Waals surface area contributed by atoms with E-state index >= 15 is 0 Å². The smallest absolute Gasteiger partial charge is 0.270 e.